The summed E-state index contributed by atoms with van der Waals surface area (Å²) in [6.07, 6.45) is 0. The van der Waals surface area contributed by atoms with Crippen LogP contribution in [0.1, 0.15) is 25.0 Å². The number of rotatable bonds is 5. The van der Waals surface area contributed by atoms with Crippen molar-refractivity contribution in [2.45, 2.75) is 19.3 Å². The van der Waals surface area contributed by atoms with Gasteiger partial charge in [0.25, 0.3) is 0 Å². The molecule has 0 bridgehead atoms. The molecule has 0 unspecified atom stereocenters. The van der Waals surface area contributed by atoms with Crippen LogP contribution in [0.4, 0.5) is 0 Å². The molecule has 0 saturated heterocycles. The minimum absolute atomic E-state index is 0.306. The van der Waals surface area contributed by atoms with E-state index in [-0.39, 0.29) is 5.41 Å². The molecule has 0 saturated carbocycles. The number of nitrogens with zero attached hydrogens (tertiary/aromatic N) is 4. The van der Waals surface area contributed by atoms with Gasteiger partial charge in [-0.1, -0.05) is 190 Å². The molecule has 0 N–H and O–H groups in total. The van der Waals surface area contributed by atoms with Crippen LogP contribution >= 0.6 is 0 Å². The number of benzene rings is 11. The van der Waals surface area contributed by atoms with Gasteiger partial charge in [0.1, 0.15) is 0 Å². The molecule has 0 amide bonds. The minimum Gasteiger partial charge on any atom is -0.309 e. The highest BCUT2D eigenvalue weighted by atomic mass is 15.0. The summed E-state index contributed by atoms with van der Waals surface area (Å²) < 4.78 is 2.39. The van der Waals surface area contributed by atoms with Gasteiger partial charge in [0.2, 0.25) is 0 Å². The Morgan fingerprint density at radius 1 is 0.338 bits per heavy atom. The Labute approximate surface area is 393 Å². The Bertz CT molecular complexity index is 4150. The normalized spacial score (nSPS) is 13.0. The van der Waals surface area contributed by atoms with Gasteiger partial charge in [0.15, 0.2) is 17.5 Å². The highest BCUT2D eigenvalue weighted by Crippen LogP contribution is 2.57. The fourth-order valence-electron chi connectivity index (χ4n) is 11.5. The minimum atomic E-state index is -0.306. The lowest BCUT2D eigenvalue weighted by molar-refractivity contribution is 0.667. The third-order valence-corrected chi connectivity index (χ3v) is 14.6. The van der Waals surface area contributed by atoms with Gasteiger partial charge in [-0.15, -0.1) is 0 Å². The Hall–Kier alpha value is -8.73. The maximum Gasteiger partial charge on any atom is 0.164 e. The summed E-state index contributed by atoms with van der Waals surface area (Å²) in [5.41, 5.74) is 14.0. The largest absolute Gasteiger partial charge is 0.309 e. The molecule has 0 radical (unpaired) electrons. The Morgan fingerprint density at radius 3 is 1.51 bits per heavy atom. The van der Waals surface area contributed by atoms with Crippen LogP contribution in [-0.2, 0) is 5.41 Å². The standard InChI is InChI=1S/C64H42N4/c1-64(2)54-38-42(41-32-35-56-53(36-41)46-25-16-17-29-55(46)68(56)44-22-10-5-11-23-44)30-34-51(54)58-49-28-15-14-27-48(49)57-50-33-31-43(37-52(50)45-24-12-13-26-47(45)59(57)60(58)64)63-66-61(39-18-6-3-7-19-39)65-62(67-63)40-20-8-4-9-21-40/h3-38H,1-2H3. The van der Waals surface area contributed by atoms with Crippen LogP contribution in [0.5, 0.6) is 0 Å². The first-order valence-corrected chi connectivity index (χ1v) is 23.4. The Kier molecular flexibility index (Phi) is 8.29. The van der Waals surface area contributed by atoms with E-state index < -0.39 is 0 Å². The lowest BCUT2D eigenvalue weighted by Gasteiger charge is -2.26. The molecule has 2 heterocycles. The number of para-hydroxylation sites is 2. The summed E-state index contributed by atoms with van der Waals surface area (Å²) >= 11 is 0. The third-order valence-electron chi connectivity index (χ3n) is 14.6. The van der Waals surface area contributed by atoms with Gasteiger partial charge in [-0.25, -0.2) is 15.0 Å². The summed E-state index contributed by atoms with van der Waals surface area (Å²) in [6, 6.07) is 78.9. The Balaban J connectivity index is 0.973. The van der Waals surface area contributed by atoms with Crippen LogP contribution < -0.4 is 0 Å². The van der Waals surface area contributed by atoms with Crippen molar-refractivity contribution in [3.05, 3.63) is 230 Å². The highest BCUT2D eigenvalue weighted by molar-refractivity contribution is 6.35. The average molecular weight is 867 g/mol. The first-order valence-electron chi connectivity index (χ1n) is 23.4. The van der Waals surface area contributed by atoms with Crippen molar-refractivity contribution >= 4 is 64.9 Å². The monoisotopic (exact) mass is 866 g/mol. The van der Waals surface area contributed by atoms with Crippen molar-refractivity contribution in [3.8, 4) is 62.1 Å². The lowest BCUT2D eigenvalue weighted by Crippen LogP contribution is -2.16. The quantitative estimate of drug-likeness (QED) is 0.162. The van der Waals surface area contributed by atoms with Crippen LogP contribution in [0.25, 0.3) is 127 Å². The predicted octanol–water partition coefficient (Wildman–Crippen LogP) is 16.6. The SMILES string of the molecule is CC1(C)c2cc(-c3ccc4c(c3)c3ccccc3n4-c3ccccc3)ccc2-c2c1c1c3ccccc3c3cc(-c4nc(-c5ccccc5)nc(-c5ccccc5)n4)ccc3c1c1ccccc21. The van der Waals surface area contributed by atoms with Crippen LogP contribution in [0, 0.1) is 0 Å². The van der Waals surface area contributed by atoms with Crippen molar-refractivity contribution in [1.82, 2.24) is 19.5 Å². The van der Waals surface area contributed by atoms with Crippen LogP contribution in [0.3, 0.4) is 0 Å². The summed E-state index contributed by atoms with van der Waals surface area (Å²) in [7, 11) is 0. The molecule has 68 heavy (non-hydrogen) atoms. The maximum absolute atomic E-state index is 5.14. The predicted molar refractivity (Wildman–Crippen MR) is 283 cm³/mol. The summed E-state index contributed by atoms with van der Waals surface area (Å²) in [5.74, 6) is 1.96. The first-order chi connectivity index (χ1) is 33.5. The topological polar surface area (TPSA) is 43.6 Å². The van der Waals surface area contributed by atoms with Crippen LogP contribution in [-0.4, -0.2) is 19.5 Å². The van der Waals surface area contributed by atoms with Gasteiger partial charge in [0.05, 0.1) is 11.0 Å². The van der Waals surface area contributed by atoms with Crippen molar-refractivity contribution in [2.75, 3.05) is 0 Å². The second-order valence-corrected chi connectivity index (χ2v) is 18.7. The molecule has 2 aromatic heterocycles. The van der Waals surface area contributed by atoms with E-state index in [1.807, 2.05) is 36.4 Å². The van der Waals surface area contributed by atoms with E-state index in [1.165, 1.54) is 104 Å². The summed E-state index contributed by atoms with van der Waals surface area (Å²) in [5, 5.41) is 12.5. The zero-order valence-corrected chi connectivity index (χ0v) is 37.6. The van der Waals surface area contributed by atoms with E-state index in [1.54, 1.807) is 0 Å². The van der Waals surface area contributed by atoms with E-state index in [2.05, 4.69) is 200 Å². The van der Waals surface area contributed by atoms with Gasteiger partial charge in [-0.2, -0.15) is 0 Å². The molecule has 4 nitrogen and oxygen atoms in total. The molecule has 11 aromatic carbocycles. The van der Waals surface area contributed by atoms with Gasteiger partial charge in [-0.05, 0) is 119 Å². The molecule has 0 spiro atoms. The molecule has 13 aromatic rings. The molecule has 1 aliphatic rings. The summed E-state index contributed by atoms with van der Waals surface area (Å²) in [4.78, 5) is 15.3. The third kappa shape index (κ3) is 5.64. The maximum atomic E-state index is 5.14. The van der Waals surface area contributed by atoms with E-state index >= 15 is 0 Å². The van der Waals surface area contributed by atoms with Crippen molar-refractivity contribution in [2.24, 2.45) is 0 Å². The van der Waals surface area contributed by atoms with Crippen molar-refractivity contribution < 1.29 is 0 Å². The molecule has 318 valence electrons. The second-order valence-electron chi connectivity index (χ2n) is 18.7. The van der Waals surface area contributed by atoms with Crippen LogP contribution in [0.15, 0.2) is 218 Å². The fourth-order valence-corrected chi connectivity index (χ4v) is 11.5. The van der Waals surface area contributed by atoms with Gasteiger partial charge in [0, 0.05) is 38.6 Å². The number of hydrogen-bond donors (Lipinski definition) is 0. The highest BCUT2D eigenvalue weighted by Gasteiger charge is 2.39. The zero-order chi connectivity index (χ0) is 45.1. The van der Waals surface area contributed by atoms with Crippen LogP contribution in [0.2, 0.25) is 0 Å². The lowest BCUT2D eigenvalue weighted by atomic mass is 9.76. The molecule has 4 heteroatoms. The number of hydrogen-bond acceptors (Lipinski definition) is 3. The molecule has 0 atom stereocenters. The van der Waals surface area contributed by atoms with E-state index in [0.29, 0.717) is 17.5 Å². The van der Waals surface area contributed by atoms with Gasteiger partial charge >= 0.3 is 0 Å². The zero-order valence-electron chi connectivity index (χ0n) is 37.6. The van der Waals surface area contributed by atoms with E-state index in [9.17, 15) is 0 Å². The first kappa shape index (κ1) is 38.5. The second kappa shape index (κ2) is 14.6. The molecule has 14 rings (SSSR count). The van der Waals surface area contributed by atoms with E-state index in [4.69, 9.17) is 15.0 Å². The Morgan fingerprint density at radius 2 is 0.824 bits per heavy atom. The number of aromatic nitrogens is 4. The fraction of sp³-hybridized carbons (Fsp3) is 0.0469. The molecular formula is C64H42N4. The van der Waals surface area contributed by atoms with Gasteiger partial charge in [-0.3, -0.25) is 0 Å². The smallest absolute Gasteiger partial charge is 0.164 e. The molecular weight excluding hydrogens is 825 g/mol. The molecule has 0 fully saturated rings. The number of fused-ring (bicyclic) bond motifs is 16. The molecule has 0 aliphatic heterocycles. The van der Waals surface area contributed by atoms with Crippen molar-refractivity contribution in [1.29, 1.82) is 0 Å². The van der Waals surface area contributed by atoms with E-state index in [0.717, 1.165) is 16.7 Å². The summed E-state index contributed by atoms with van der Waals surface area (Å²) in [6.45, 7) is 4.87. The van der Waals surface area contributed by atoms with Crippen molar-refractivity contribution in [3.63, 3.8) is 0 Å². The molecule has 1 aliphatic carbocycles. The average Bonchev–Trinajstić information content (AvgIpc) is 3.86. The van der Waals surface area contributed by atoms with Gasteiger partial charge < -0.3 is 4.57 Å².